The summed E-state index contributed by atoms with van der Waals surface area (Å²) in [6.07, 6.45) is -0.560. The number of nitrogens with zero attached hydrogens (tertiary/aromatic N) is 3. The average Bonchev–Trinajstić information content (AvgIpc) is 3.38. The molecule has 0 spiro atoms. The molecule has 1 saturated heterocycles. The number of carbonyl (C=O) groups is 1. The Morgan fingerprint density at radius 3 is 2.44 bits per heavy atom. The maximum absolute atomic E-state index is 11.3. The van der Waals surface area contributed by atoms with Crippen molar-refractivity contribution < 1.29 is 14.3 Å². The minimum Gasteiger partial charge on any atom is -0.494 e. The molecular weight excluding hydrogens is 424 g/mol. The van der Waals surface area contributed by atoms with Gasteiger partial charge in [-0.2, -0.15) is 0 Å². The molecule has 1 aromatic heterocycles. The number of nitrogens with one attached hydrogen (secondary N) is 1. The van der Waals surface area contributed by atoms with Crippen molar-refractivity contribution in [3.05, 3.63) is 54.1 Å². The van der Waals surface area contributed by atoms with Gasteiger partial charge in [-0.05, 0) is 42.2 Å². The molecule has 1 atom stereocenters. The van der Waals surface area contributed by atoms with Crippen molar-refractivity contribution in [2.24, 2.45) is 0 Å². The SMILES string of the molecule is CCOc1ccc(-n2c(SCC3CNC(=O)O3)nnc2-c2ccc(C(C)(C)C)cc2)cc1. The van der Waals surface area contributed by atoms with Crippen LogP contribution in [0.4, 0.5) is 4.79 Å². The molecule has 1 fully saturated rings. The third kappa shape index (κ3) is 4.91. The van der Waals surface area contributed by atoms with Crippen molar-refractivity contribution in [1.29, 1.82) is 0 Å². The summed E-state index contributed by atoms with van der Waals surface area (Å²) in [6, 6.07) is 16.4. The zero-order chi connectivity index (χ0) is 22.7. The lowest BCUT2D eigenvalue weighted by Gasteiger charge is -2.19. The number of aromatic nitrogens is 3. The predicted molar refractivity (Wildman–Crippen MR) is 126 cm³/mol. The van der Waals surface area contributed by atoms with E-state index >= 15 is 0 Å². The molecule has 0 saturated carbocycles. The maximum atomic E-state index is 11.3. The predicted octanol–water partition coefficient (Wildman–Crippen LogP) is 4.83. The van der Waals surface area contributed by atoms with Crippen molar-refractivity contribution in [2.45, 2.75) is 44.4 Å². The topological polar surface area (TPSA) is 78.3 Å². The van der Waals surface area contributed by atoms with Gasteiger partial charge in [-0.25, -0.2) is 4.79 Å². The molecule has 1 aliphatic rings. The van der Waals surface area contributed by atoms with E-state index in [9.17, 15) is 4.79 Å². The molecule has 1 aliphatic heterocycles. The monoisotopic (exact) mass is 452 g/mol. The molecule has 168 valence electrons. The van der Waals surface area contributed by atoms with E-state index < -0.39 is 0 Å². The number of benzene rings is 2. The molecule has 0 bridgehead atoms. The highest BCUT2D eigenvalue weighted by Gasteiger charge is 2.25. The first kappa shape index (κ1) is 22.2. The van der Waals surface area contributed by atoms with Gasteiger partial charge in [0.05, 0.1) is 13.2 Å². The Morgan fingerprint density at radius 2 is 1.84 bits per heavy atom. The minimum atomic E-state index is -0.372. The van der Waals surface area contributed by atoms with Crippen LogP contribution >= 0.6 is 11.8 Å². The molecule has 1 unspecified atom stereocenters. The highest BCUT2D eigenvalue weighted by atomic mass is 32.2. The van der Waals surface area contributed by atoms with E-state index in [4.69, 9.17) is 9.47 Å². The standard InChI is InChI=1S/C24H28N4O3S/c1-5-30-19-12-10-18(11-13-19)28-21(16-6-8-17(9-7-16)24(2,3)4)26-27-22(28)32-15-20-14-25-23(29)31-20/h6-13,20H,5,14-15H2,1-4H3,(H,25,29). The van der Waals surface area contributed by atoms with Gasteiger partial charge >= 0.3 is 6.09 Å². The normalized spacial score (nSPS) is 16.0. The number of thioether (sulfide) groups is 1. The van der Waals surface area contributed by atoms with Crippen LogP contribution < -0.4 is 10.1 Å². The summed E-state index contributed by atoms with van der Waals surface area (Å²) in [4.78, 5) is 11.3. The number of alkyl carbamates (subject to hydrolysis) is 1. The quantitative estimate of drug-likeness (QED) is 0.517. The highest BCUT2D eigenvalue weighted by molar-refractivity contribution is 7.99. The van der Waals surface area contributed by atoms with E-state index in [2.05, 4.69) is 60.6 Å². The van der Waals surface area contributed by atoms with E-state index in [0.717, 1.165) is 28.0 Å². The summed E-state index contributed by atoms with van der Waals surface area (Å²) < 4.78 is 12.9. The summed E-state index contributed by atoms with van der Waals surface area (Å²) in [5.41, 5.74) is 3.27. The second-order valence-electron chi connectivity index (χ2n) is 8.62. The van der Waals surface area contributed by atoms with Crippen LogP contribution in [0.1, 0.15) is 33.3 Å². The Kier molecular flexibility index (Phi) is 6.41. The first-order valence-electron chi connectivity index (χ1n) is 10.7. The smallest absolute Gasteiger partial charge is 0.407 e. The Labute approximate surface area is 192 Å². The lowest BCUT2D eigenvalue weighted by atomic mass is 9.87. The van der Waals surface area contributed by atoms with Crippen molar-refractivity contribution in [3.8, 4) is 22.8 Å². The van der Waals surface area contributed by atoms with E-state index in [1.54, 1.807) is 0 Å². The zero-order valence-electron chi connectivity index (χ0n) is 18.8. The Bertz CT molecular complexity index is 1070. The Morgan fingerprint density at radius 1 is 1.12 bits per heavy atom. The number of amides is 1. The number of hydrogen-bond acceptors (Lipinski definition) is 6. The van der Waals surface area contributed by atoms with Gasteiger partial charge in [0.2, 0.25) is 0 Å². The molecule has 1 N–H and O–H groups in total. The van der Waals surface area contributed by atoms with Crippen LogP contribution in [0.2, 0.25) is 0 Å². The summed E-state index contributed by atoms with van der Waals surface area (Å²) in [6.45, 7) is 9.68. The summed E-state index contributed by atoms with van der Waals surface area (Å²) in [5.74, 6) is 2.17. The molecular formula is C24H28N4O3S. The molecule has 3 aromatic rings. The van der Waals surface area contributed by atoms with Crippen molar-refractivity contribution in [2.75, 3.05) is 18.9 Å². The fourth-order valence-corrected chi connectivity index (χ4v) is 4.39. The Balaban J connectivity index is 1.67. The van der Waals surface area contributed by atoms with E-state index in [1.165, 1.54) is 17.3 Å². The number of hydrogen-bond donors (Lipinski definition) is 1. The van der Waals surface area contributed by atoms with E-state index in [0.29, 0.717) is 18.9 Å². The number of cyclic esters (lactones) is 1. The summed E-state index contributed by atoms with van der Waals surface area (Å²) >= 11 is 1.52. The van der Waals surface area contributed by atoms with Crippen LogP contribution in [0, 0.1) is 0 Å². The molecule has 0 aliphatic carbocycles. The number of ether oxygens (including phenoxy) is 2. The molecule has 32 heavy (non-hydrogen) atoms. The van der Waals surface area contributed by atoms with Crippen LogP contribution in [0.15, 0.2) is 53.7 Å². The average molecular weight is 453 g/mol. The van der Waals surface area contributed by atoms with Crippen LogP contribution in [-0.2, 0) is 10.2 Å². The van der Waals surface area contributed by atoms with Crippen molar-refractivity contribution >= 4 is 17.9 Å². The van der Waals surface area contributed by atoms with Crippen molar-refractivity contribution in [1.82, 2.24) is 20.1 Å². The molecule has 2 aromatic carbocycles. The lowest BCUT2D eigenvalue weighted by Crippen LogP contribution is -2.17. The van der Waals surface area contributed by atoms with Crippen LogP contribution in [0.25, 0.3) is 17.1 Å². The van der Waals surface area contributed by atoms with Gasteiger partial charge in [-0.1, -0.05) is 56.8 Å². The Hall–Kier alpha value is -3.00. The molecule has 2 heterocycles. The van der Waals surface area contributed by atoms with Gasteiger partial charge in [-0.15, -0.1) is 10.2 Å². The van der Waals surface area contributed by atoms with Crippen LogP contribution in [0.5, 0.6) is 5.75 Å². The lowest BCUT2D eigenvalue weighted by molar-refractivity contribution is 0.150. The second-order valence-corrected chi connectivity index (χ2v) is 9.60. The van der Waals surface area contributed by atoms with Gasteiger partial charge in [0, 0.05) is 17.0 Å². The minimum absolute atomic E-state index is 0.0784. The zero-order valence-corrected chi connectivity index (χ0v) is 19.6. The van der Waals surface area contributed by atoms with Gasteiger partial charge in [0.1, 0.15) is 11.9 Å². The first-order chi connectivity index (χ1) is 15.3. The van der Waals surface area contributed by atoms with Gasteiger partial charge in [0.25, 0.3) is 0 Å². The number of carbonyl (C=O) groups excluding carboxylic acids is 1. The highest BCUT2D eigenvalue weighted by Crippen LogP contribution is 2.31. The third-order valence-electron chi connectivity index (χ3n) is 5.19. The molecule has 1 amide bonds. The molecule has 7 nitrogen and oxygen atoms in total. The maximum Gasteiger partial charge on any atom is 0.407 e. The first-order valence-corrected chi connectivity index (χ1v) is 11.7. The van der Waals surface area contributed by atoms with Gasteiger partial charge in [-0.3, -0.25) is 4.57 Å². The largest absolute Gasteiger partial charge is 0.494 e. The third-order valence-corrected chi connectivity index (χ3v) is 6.26. The molecule has 0 radical (unpaired) electrons. The summed E-state index contributed by atoms with van der Waals surface area (Å²) in [5, 5.41) is 12.4. The molecule has 8 heteroatoms. The molecule has 4 rings (SSSR count). The van der Waals surface area contributed by atoms with E-state index in [-0.39, 0.29) is 17.6 Å². The van der Waals surface area contributed by atoms with Gasteiger partial charge < -0.3 is 14.8 Å². The summed E-state index contributed by atoms with van der Waals surface area (Å²) in [7, 11) is 0. The van der Waals surface area contributed by atoms with Crippen LogP contribution in [-0.4, -0.2) is 45.9 Å². The number of rotatable bonds is 7. The second kappa shape index (κ2) is 9.24. The fraction of sp³-hybridized carbons (Fsp3) is 0.375. The van der Waals surface area contributed by atoms with Crippen molar-refractivity contribution in [3.63, 3.8) is 0 Å². The van der Waals surface area contributed by atoms with Gasteiger partial charge in [0.15, 0.2) is 11.0 Å². The fourth-order valence-electron chi connectivity index (χ4n) is 3.45. The van der Waals surface area contributed by atoms with E-state index in [1.807, 2.05) is 35.8 Å². The van der Waals surface area contributed by atoms with Crippen LogP contribution in [0.3, 0.4) is 0 Å².